The Morgan fingerprint density at radius 1 is 1.47 bits per heavy atom. The molecule has 0 unspecified atom stereocenters. The monoisotopic (exact) mass is 228 g/mol. The van der Waals surface area contributed by atoms with Gasteiger partial charge in [-0.2, -0.15) is 0 Å². The lowest BCUT2D eigenvalue weighted by Gasteiger charge is -2.29. The molecule has 86 valence electrons. The number of thiocarbonyl (C=S) groups is 1. The lowest BCUT2D eigenvalue weighted by atomic mass is 9.95. The van der Waals surface area contributed by atoms with E-state index in [9.17, 15) is 4.79 Å². The van der Waals surface area contributed by atoms with Crippen LogP contribution in [0.2, 0.25) is 0 Å². The third-order valence-electron chi connectivity index (χ3n) is 2.69. The first-order valence-electron chi connectivity index (χ1n) is 5.24. The summed E-state index contributed by atoms with van der Waals surface area (Å²) in [7, 11) is 1.83. The van der Waals surface area contributed by atoms with Crippen molar-refractivity contribution in [2.75, 3.05) is 13.6 Å². The number of carbonyl (C=O) groups excluding carboxylic acids is 1. The molecule has 3 nitrogen and oxygen atoms in total. The van der Waals surface area contributed by atoms with Crippen LogP contribution < -0.4 is 5.73 Å². The maximum Gasteiger partial charge on any atom is 0.235 e. The van der Waals surface area contributed by atoms with E-state index in [1.807, 2.05) is 7.05 Å². The Morgan fingerprint density at radius 3 is 2.20 bits per heavy atom. The lowest BCUT2D eigenvalue weighted by molar-refractivity contribution is -0.134. The molecule has 0 aromatic heterocycles. The smallest absolute Gasteiger partial charge is 0.235 e. The van der Waals surface area contributed by atoms with Crippen molar-refractivity contribution in [1.82, 2.24) is 4.90 Å². The van der Waals surface area contributed by atoms with Crippen LogP contribution in [-0.4, -0.2) is 29.4 Å². The van der Waals surface area contributed by atoms with Gasteiger partial charge in [-0.15, -0.1) is 0 Å². The van der Waals surface area contributed by atoms with Gasteiger partial charge in [0, 0.05) is 13.6 Å². The summed E-state index contributed by atoms with van der Waals surface area (Å²) in [6, 6.07) is 0. The maximum absolute atomic E-state index is 12.1. The van der Waals surface area contributed by atoms with E-state index in [-0.39, 0.29) is 11.3 Å². The van der Waals surface area contributed by atoms with Crippen molar-refractivity contribution in [3.63, 3.8) is 0 Å². The minimum absolute atomic E-state index is 0.0879. The molecule has 0 aromatic rings. The number of nitrogens with zero attached hydrogens (tertiary/aromatic N) is 1. The summed E-state index contributed by atoms with van der Waals surface area (Å²) in [6.45, 7) is 7.06. The Kier molecular flexibility index (Phi) is 3.10. The zero-order valence-corrected chi connectivity index (χ0v) is 10.8. The highest BCUT2D eigenvalue weighted by atomic mass is 32.1. The fourth-order valence-electron chi connectivity index (χ4n) is 1.84. The van der Waals surface area contributed by atoms with Gasteiger partial charge in [0.1, 0.15) is 0 Å². The van der Waals surface area contributed by atoms with Gasteiger partial charge in [-0.3, -0.25) is 4.79 Å². The molecule has 1 amide bonds. The third kappa shape index (κ3) is 2.68. The standard InChI is InChI=1S/C11H20N2OS/c1-10(2,3)7-13(4)9(14)11(5-6-11)8(12)15/h5-7H2,1-4H3,(H2,12,15). The second-order valence-corrected chi connectivity index (χ2v) is 6.11. The molecule has 0 spiro atoms. The zero-order chi connectivity index (χ0) is 11.9. The molecule has 15 heavy (non-hydrogen) atoms. The van der Waals surface area contributed by atoms with Gasteiger partial charge in [-0.1, -0.05) is 33.0 Å². The summed E-state index contributed by atoms with van der Waals surface area (Å²) in [5.74, 6) is 0.0879. The number of rotatable bonds is 3. The molecule has 0 aromatic carbocycles. The molecule has 0 aliphatic heterocycles. The van der Waals surface area contributed by atoms with Crippen LogP contribution in [0.5, 0.6) is 0 Å². The van der Waals surface area contributed by atoms with E-state index in [0.29, 0.717) is 4.99 Å². The van der Waals surface area contributed by atoms with Crippen molar-refractivity contribution in [3.05, 3.63) is 0 Å². The highest BCUT2D eigenvalue weighted by molar-refractivity contribution is 7.80. The highest BCUT2D eigenvalue weighted by Gasteiger charge is 2.54. The number of nitrogens with two attached hydrogens (primary N) is 1. The molecule has 1 rings (SSSR count). The lowest BCUT2D eigenvalue weighted by Crippen LogP contribution is -2.43. The highest BCUT2D eigenvalue weighted by Crippen LogP contribution is 2.47. The molecular weight excluding hydrogens is 208 g/mol. The van der Waals surface area contributed by atoms with Gasteiger partial charge < -0.3 is 10.6 Å². The normalized spacial score (nSPS) is 18.4. The minimum atomic E-state index is -0.505. The Hall–Kier alpha value is -0.640. The average molecular weight is 228 g/mol. The Labute approximate surface area is 97.0 Å². The zero-order valence-electron chi connectivity index (χ0n) is 9.96. The van der Waals surface area contributed by atoms with Gasteiger partial charge in [0.05, 0.1) is 10.4 Å². The molecule has 0 saturated heterocycles. The first-order chi connectivity index (χ1) is 6.69. The summed E-state index contributed by atoms with van der Waals surface area (Å²) in [5.41, 5.74) is 5.22. The van der Waals surface area contributed by atoms with E-state index >= 15 is 0 Å². The summed E-state index contributed by atoms with van der Waals surface area (Å²) < 4.78 is 0. The van der Waals surface area contributed by atoms with Crippen LogP contribution in [0.25, 0.3) is 0 Å². The molecule has 4 heteroatoms. The Bertz CT molecular complexity index is 289. The van der Waals surface area contributed by atoms with Crippen LogP contribution in [0.4, 0.5) is 0 Å². The van der Waals surface area contributed by atoms with Gasteiger partial charge >= 0.3 is 0 Å². The summed E-state index contributed by atoms with van der Waals surface area (Å²) in [5, 5.41) is 0. The van der Waals surface area contributed by atoms with Gasteiger partial charge in [-0.05, 0) is 18.3 Å². The van der Waals surface area contributed by atoms with Crippen molar-refractivity contribution in [1.29, 1.82) is 0 Å². The van der Waals surface area contributed by atoms with Crippen molar-refractivity contribution >= 4 is 23.1 Å². The summed E-state index contributed by atoms with van der Waals surface area (Å²) in [4.78, 5) is 14.2. The SMILES string of the molecule is CN(CC(C)(C)C)C(=O)C1(C(N)=S)CC1. The van der Waals surface area contributed by atoms with Crippen molar-refractivity contribution in [3.8, 4) is 0 Å². The number of carbonyl (C=O) groups is 1. The predicted octanol–water partition coefficient (Wildman–Crippen LogP) is 1.56. The molecule has 0 bridgehead atoms. The van der Waals surface area contributed by atoms with Crippen LogP contribution >= 0.6 is 12.2 Å². The predicted molar refractivity (Wildman–Crippen MR) is 65.5 cm³/mol. The molecule has 1 saturated carbocycles. The van der Waals surface area contributed by atoms with E-state index in [0.717, 1.165) is 19.4 Å². The van der Waals surface area contributed by atoms with Crippen LogP contribution in [0.15, 0.2) is 0 Å². The molecule has 2 N–H and O–H groups in total. The van der Waals surface area contributed by atoms with Gasteiger partial charge in [0.15, 0.2) is 0 Å². The van der Waals surface area contributed by atoms with Crippen LogP contribution in [0.3, 0.4) is 0 Å². The van der Waals surface area contributed by atoms with Gasteiger partial charge in [-0.25, -0.2) is 0 Å². The second-order valence-electron chi connectivity index (χ2n) is 5.67. The molecular formula is C11H20N2OS. The fourth-order valence-corrected chi connectivity index (χ4v) is 2.13. The molecule has 0 radical (unpaired) electrons. The number of hydrogen-bond donors (Lipinski definition) is 1. The maximum atomic E-state index is 12.1. The van der Waals surface area contributed by atoms with Gasteiger partial charge in [0.2, 0.25) is 5.91 Å². The first-order valence-corrected chi connectivity index (χ1v) is 5.65. The summed E-state index contributed by atoms with van der Waals surface area (Å²) >= 11 is 4.96. The quantitative estimate of drug-likeness (QED) is 0.746. The molecule has 1 aliphatic carbocycles. The van der Waals surface area contributed by atoms with E-state index in [1.54, 1.807) is 4.90 Å². The van der Waals surface area contributed by atoms with Crippen molar-refractivity contribution in [2.45, 2.75) is 33.6 Å². The van der Waals surface area contributed by atoms with Gasteiger partial charge in [0.25, 0.3) is 0 Å². The van der Waals surface area contributed by atoms with Crippen LogP contribution in [-0.2, 0) is 4.79 Å². The molecule has 0 heterocycles. The average Bonchev–Trinajstić information content (AvgIpc) is 2.79. The summed E-state index contributed by atoms with van der Waals surface area (Å²) in [6.07, 6.45) is 1.63. The number of hydrogen-bond acceptors (Lipinski definition) is 2. The fraction of sp³-hybridized carbons (Fsp3) is 0.818. The molecule has 0 atom stereocenters. The molecule has 1 fully saturated rings. The Balaban J connectivity index is 2.66. The Morgan fingerprint density at radius 2 is 1.93 bits per heavy atom. The van der Waals surface area contributed by atoms with Crippen LogP contribution in [0.1, 0.15) is 33.6 Å². The van der Waals surface area contributed by atoms with Crippen LogP contribution in [0, 0.1) is 10.8 Å². The largest absolute Gasteiger partial charge is 0.392 e. The van der Waals surface area contributed by atoms with Crippen molar-refractivity contribution in [2.24, 2.45) is 16.6 Å². The first kappa shape index (κ1) is 12.4. The van der Waals surface area contributed by atoms with E-state index < -0.39 is 5.41 Å². The second kappa shape index (κ2) is 3.74. The van der Waals surface area contributed by atoms with E-state index in [1.165, 1.54) is 0 Å². The minimum Gasteiger partial charge on any atom is -0.392 e. The van der Waals surface area contributed by atoms with E-state index in [2.05, 4.69) is 20.8 Å². The third-order valence-corrected chi connectivity index (χ3v) is 3.08. The number of amides is 1. The van der Waals surface area contributed by atoms with Crippen molar-refractivity contribution < 1.29 is 4.79 Å². The molecule has 1 aliphatic rings. The topological polar surface area (TPSA) is 46.3 Å². The van der Waals surface area contributed by atoms with E-state index in [4.69, 9.17) is 18.0 Å².